The van der Waals surface area contributed by atoms with Gasteiger partial charge in [0.05, 0.1) is 0 Å². The summed E-state index contributed by atoms with van der Waals surface area (Å²) in [7, 11) is 0. The Balaban J connectivity index is 0.000000240. The van der Waals surface area contributed by atoms with E-state index in [9.17, 15) is 0 Å². The molecule has 0 N–H and O–H groups in total. The van der Waals surface area contributed by atoms with E-state index in [1.54, 1.807) is 29.6 Å². The zero-order chi connectivity index (χ0) is 17.9. The maximum atomic E-state index is 3.67. The number of aryl methyl sites for hydroxylation is 1. The second kappa shape index (κ2) is 7.25. The molecule has 1 aromatic heterocycles. The summed E-state index contributed by atoms with van der Waals surface area (Å²) in [5.41, 5.74) is 10.6. The summed E-state index contributed by atoms with van der Waals surface area (Å²) in [5, 5.41) is 0. The van der Waals surface area contributed by atoms with Crippen LogP contribution in [-0.2, 0) is 19.3 Å². The fraction of sp³-hybridized carbons (Fsp3) is 0.250. The lowest BCUT2D eigenvalue weighted by Crippen LogP contribution is -2.14. The van der Waals surface area contributed by atoms with Gasteiger partial charge in [0.1, 0.15) is 6.33 Å². The number of hydrogen-bond acceptors (Lipinski definition) is 2. The molecular formula is C24H24N2. The Morgan fingerprint density at radius 2 is 1.65 bits per heavy atom. The van der Waals surface area contributed by atoms with Gasteiger partial charge in [0.15, 0.2) is 0 Å². The van der Waals surface area contributed by atoms with Crippen LogP contribution >= 0.6 is 0 Å². The van der Waals surface area contributed by atoms with Crippen LogP contribution < -0.4 is 0 Å². The Bertz CT molecular complexity index is 915. The van der Waals surface area contributed by atoms with Crippen LogP contribution in [0.4, 0.5) is 0 Å². The second-order valence-electron chi connectivity index (χ2n) is 7.21. The predicted octanol–water partition coefficient (Wildman–Crippen LogP) is 5.52. The third kappa shape index (κ3) is 3.20. The van der Waals surface area contributed by atoms with Crippen molar-refractivity contribution in [2.75, 3.05) is 0 Å². The monoisotopic (exact) mass is 340 g/mol. The Morgan fingerprint density at radius 3 is 2.38 bits per heavy atom. The molecule has 0 bridgehead atoms. The number of allylic oxidation sites excluding steroid dienone is 1. The van der Waals surface area contributed by atoms with Crippen molar-refractivity contribution < 1.29 is 0 Å². The first-order valence-corrected chi connectivity index (χ1v) is 9.35. The molecule has 0 spiro atoms. The summed E-state index contributed by atoms with van der Waals surface area (Å²) >= 11 is 0. The zero-order valence-corrected chi connectivity index (χ0v) is 15.4. The number of nitrogens with zero attached hydrogens (tertiary/aromatic N) is 2. The molecule has 0 saturated heterocycles. The van der Waals surface area contributed by atoms with Crippen molar-refractivity contribution >= 4 is 6.08 Å². The predicted molar refractivity (Wildman–Crippen MR) is 108 cm³/mol. The van der Waals surface area contributed by atoms with Crippen LogP contribution in [0.2, 0.25) is 0 Å². The highest BCUT2D eigenvalue weighted by molar-refractivity contribution is 5.77. The highest BCUT2D eigenvalue weighted by Gasteiger charge is 2.23. The van der Waals surface area contributed by atoms with E-state index < -0.39 is 0 Å². The molecule has 2 aliphatic carbocycles. The zero-order valence-electron chi connectivity index (χ0n) is 15.4. The molecule has 5 rings (SSSR count). The number of fused-ring (bicyclic) bond motifs is 5. The number of aromatic nitrogens is 2. The normalized spacial score (nSPS) is 17.0. The molecule has 2 aliphatic rings. The van der Waals surface area contributed by atoms with E-state index >= 15 is 0 Å². The molecular weight excluding hydrogens is 316 g/mol. The van der Waals surface area contributed by atoms with Crippen molar-refractivity contribution in [3.8, 4) is 11.1 Å². The summed E-state index contributed by atoms with van der Waals surface area (Å²) in [5.74, 6) is 0.686. The SMILES string of the molecule is CC1=Cc2ccc3c(c2CC1C)CCc1ccccc1-3.c1cncnc1. The second-order valence-corrected chi connectivity index (χ2v) is 7.21. The fourth-order valence-electron chi connectivity index (χ4n) is 3.99. The molecule has 0 saturated carbocycles. The molecule has 130 valence electrons. The highest BCUT2D eigenvalue weighted by atomic mass is 14.8. The Labute approximate surface area is 155 Å². The van der Waals surface area contributed by atoms with Crippen LogP contribution in [0.15, 0.2) is 66.8 Å². The number of rotatable bonds is 0. The quantitative estimate of drug-likeness (QED) is 0.538. The first kappa shape index (κ1) is 16.7. The van der Waals surface area contributed by atoms with Crippen LogP contribution in [-0.4, -0.2) is 9.97 Å². The lowest BCUT2D eigenvalue weighted by Gasteiger charge is -2.28. The van der Waals surface area contributed by atoms with Gasteiger partial charge in [0.25, 0.3) is 0 Å². The van der Waals surface area contributed by atoms with E-state index in [1.807, 2.05) is 0 Å². The molecule has 1 heterocycles. The van der Waals surface area contributed by atoms with Gasteiger partial charge in [-0.25, -0.2) is 9.97 Å². The van der Waals surface area contributed by atoms with Crippen LogP contribution in [0, 0.1) is 5.92 Å². The van der Waals surface area contributed by atoms with Crippen LogP contribution in [0.5, 0.6) is 0 Å². The Kier molecular flexibility index (Phi) is 4.66. The largest absolute Gasteiger partial charge is 0.245 e. The average Bonchev–Trinajstić information content (AvgIpc) is 2.70. The van der Waals surface area contributed by atoms with Gasteiger partial charge in [-0.15, -0.1) is 0 Å². The topological polar surface area (TPSA) is 25.8 Å². The van der Waals surface area contributed by atoms with Crippen molar-refractivity contribution in [1.82, 2.24) is 9.97 Å². The minimum absolute atomic E-state index is 0.686. The highest BCUT2D eigenvalue weighted by Crippen LogP contribution is 2.40. The molecule has 0 aliphatic heterocycles. The van der Waals surface area contributed by atoms with E-state index in [-0.39, 0.29) is 0 Å². The third-order valence-corrected chi connectivity index (χ3v) is 5.57. The molecule has 2 aromatic carbocycles. The molecule has 1 unspecified atom stereocenters. The minimum atomic E-state index is 0.686. The van der Waals surface area contributed by atoms with Gasteiger partial charge >= 0.3 is 0 Å². The Morgan fingerprint density at radius 1 is 0.846 bits per heavy atom. The lowest BCUT2D eigenvalue weighted by atomic mass is 9.76. The van der Waals surface area contributed by atoms with Gasteiger partial charge in [-0.1, -0.05) is 55.0 Å². The summed E-state index contributed by atoms with van der Waals surface area (Å²) in [6, 6.07) is 15.3. The fourth-order valence-corrected chi connectivity index (χ4v) is 3.99. The van der Waals surface area contributed by atoms with E-state index in [0.29, 0.717) is 5.92 Å². The van der Waals surface area contributed by atoms with Gasteiger partial charge in [0.2, 0.25) is 0 Å². The molecule has 1 atom stereocenters. The van der Waals surface area contributed by atoms with Crippen LogP contribution in [0.1, 0.15) is 36.1 Å². The first-order valence-electron chi connectivity index (χ1n) is 9.35. The van der Waals surface area contributed by atoms with Crippen molar-refractivity contribution in [1.29, 1.82) is 0 Å². The van der Waals surface area contributed by atoms with Crippen LogP contribution in [0.25, 0.3) is 17.2 Å². The van der Waals surface area contributed by atoms with Gasteiger partial charge < -0.3 is 0 Å². The average molecular weight is 340 g/mol. The molecule has 0 radical (unpaired) electrons. The third-order valence-electron chi connectivity index (χ3n) is 5.57. The summed E-state index contributed by atoms with van der Waals surface area (Å²) in [4.78, 5) is 7.35. The molecule has 0 fully saturated rings. The van der Waals surface area contributed by atoms with E-state index in [1.165, 1.54) is 53.4 Å². The van der Waals surface area contributed by atoms with Crippen molar-refractivity contribution in [3.05, 3.63) is 89.0 Å². The van der Waals surface area contributed by atoms with Crippen molar-refractivity contribution in [2.45, 2.75) is 33.1 Å². The van der Waals surface area contributed by atoms with Gasteiger partial charge in [0, 0.05) is 12.4 Å². The van der Waals surface area contributed by atoms with E-state index in [0.717, 1.165) is 0 Å². The summed E-state index contributed by atoms with van der Waals surface area (Å²) in [6.45, 7) is 4.62. The molecule has 3 aromatic rings. The maximum absolute atomic E-state index is 3.67. The summed E-state index contributed by atoms with van der Waals surface area (Å²) < 4.78 is 0. The molecule has 2 heteroatoms. The standard InChI is InChI=1S/C20H20.C4H4N2/c1-13-11-16-8-10-18-17-6-4-3-5-15(17)7-9-19(18)20(16)12-14(13)2;1-2-5-4-6-3-1/h3-6,8,10-11,14H,7,9,12H2,1-2H3;1-4H. The number of benzene rings is 2. The van der Waals surface area contributed by atoms with Gasteiger partial charge in [-0.2, -0.15) is 0 Å². The maximum Gasteiger partial charge on any atom is 0.115 e. The Hall–Kier alpha value is -2.74. The van der Waals surface area contributed by atoms with Gasteiger partial charge in [-0.05, 0) is 71.6 Å². The minimum Gasteiger partial charge on any atom is -0.245 e. The number of hydrogen-bond donors (Lipinski definition) is 0. The molecule has 0 amide bonds. The summed E-state index contributed by atoms with van der Waals surface area (Å²) in [6.07, 6.45) is 10.9. The molecule has 26 heavy (non-hydrogen) atoms. The van der Waals surface area contributed by atoms with E-state index in [2.05, 4.69) is 66.3 Å². The molecule has 2 nitrogen and oxygen atoms in total. The van der Waals surface area contributed by atoms with Crippen molar-refractivity contribution in [2.24, 2.45) is 5.92 Å². The van der Waals surface area contributed by atoms with Gasteiger partial charge in [-0.3, -0.25) is 0 Å². The van der Waals surface area contributed by atoms with Crippen molar-refractivity contribution in [3.63, 3.8) is 0 Å². The smallest absolute Gasteiger partial charge is 0.115 e. The van der Waals surface area contributed by atoms with E-state index in [4.69, 9.17) is 0 Å². The lowest BCUT2D eigenvalue weighted by molar-refractivity contribution is 0.665. The first-order chi connectivity index (χ1) is 12.7. The van der Waals surface area contributed by atoms with Crippen LogP contribution in [0.3, 0.4) is 0 Å².